The predicted molar refractivity (Wildman–Crippen MR) is 194 cm³/mol. The van der Waals surface area contributed by atoms with Crippen LogP contribution in [0.1, 0.15) is 57.9 Å². The SMILES string of the molecule is CC(C)[C@H](NC(CCCCCN1C(=O)C=CC1=O)C(F)(F)F)C(=O)N[C@@H](CCCNC(N)=O)C(=O)Nc1ccc(COC(=O)Oc2ccc([N+](=O)[O-])cc2)cc1. The molecule has 20 heteroatoms. The first-order valence-electron chi connectivity index (χ1n) is 17.6. The van der Waals surface area contributed by atoms with Gasteiger partial charge in [-0.2, -0.15) is 13.2 Å². The van der Waals surface area contributed by atoms with Crippen molar-refractivity contribution in [3.63, 3.8) is 0 Å². The number of imide groups is 1. The summed E-state index contributed by atoms with van der Waals surface area (Å²) in [5.74, 6) is -3.12. The van der Waals surface area contributed by atoms with Crippen LogP contribution in [0.3, 0.4) is 0 Å². The molecule has 6 amide bonds. The number of carbonyl (C=O) groups excluding carboxylic acids is 6. The number of rotatable bonds is 21. The highest BCUT2D eigenvalue weighted by Crippen LogP contribution is 2.26. The van der Waals surface area contributed by atoms with Gasteiger partial charge in [-0.15, -0.1) is 0 Å². The number of nitrogens with zero attached hydrogens (tertiary/aromatic N) is 2. The molecule has 0 fully saturated rings. The van der Waals surface area contributed by atoms with Crippen molar-refractivity contribution in [3.05, 3.63) is 76.4 Å². The lowest BCUT2D eigenvalue weighted by Gasteiger charge is -2.30. The minimum atomic E-state index is -4.72. The number of benzene rings is 2. The van der Waals surface area contributed by atoms with Crippen molar-refractivity contribution in [3.8, 4) is 5.75 Å². The number of hydrogen-bond donors (Lipinski definition) is 5. The Kier molecular flexibility index (Phi) is 16.7. The lowest BCUT2D eigenvalue weighted by molar-refractivity contribution is -0.384. The summed E-state index contributed by atoms with van der Waals surface area (Å²) in [5, 5.41) is 20.8. The molecule has 1 aliphatic heterocycles. The van der Waals surface area contributed by atoms with E-state index < -0.39 is 71.0 Å². The van der Waals surface area contributed by atoms with E-state index in [4.69, 9.17) is 15.2 Å². The largest absolute Gasteiger partial charge is 0.514 e. The van der Waals surface area contributed by atoms with E-state index in [0.29, 0.717) is 12.0 Å². The molecule has 0 saturated carbocycles. The molecule has 0 bridgehead atoms. The Balaban J connectivity index is 1.59. The molecule has 17 nitrogen and oxygen atoms in total. The fraction of sp³-hybridized carbons (Fsp3) is 0.444. The maximum Gasteiger partial charge on any atom is 0.514 e. The number of primary amides is 1. The number of anilines is 1. The molecule has 0 spiro atoms. The summed E-state index contributed by atoms with van der Waals surface area (Å²) in [6.07, 6.45) is -3.10. The number of urea groups is 1. The number of non-ortho nitro benzene ring substituents is 1. The van der Waals surface area contributed by atoms with E-state index in [1.54, 1.807) is 13.8 Å². The van der Waals surface area contributed by atoms with E-state index in [9.17, 15) is 52.1 Å². The summed E-state index contributed by atoms with van der Waals surface area (Å²) in [6.45, 7) is 3.00. The Hall–Kier alpha value is -6.05. The molecule has 1 unspecified atom stereocenters. The number of nitrogens with one attached hydrogen (secondary N) is 4. The molecule has 1 aliphatic rings. The summed E-state index contributed by atoms with van der Waals surface area (Å²) >= 11 is 0. The molecule has 56 heavy (non-hydrogen) atoms. The van der Waals surface area contributed by atoms with Crippen molar-refractivity contribution in [1.82, 2.24) is 20.9 Å². The van der Waals surface area contributed by atoms with Crippen LogP contribution in [0.2, 0.25) is 0 Å². The normalized spacial score (nSPS) is 14.2. The Morgan fingerprint density at radius 3 is 2.11 bits per heavy atom. The van der Waals surface area contributed by atoms with Gasteiger partial charge in [0.05, 0.1) is 11.0 Å². The zero-order valence-corrected chi connectivity index (χ0v) is 30.6. The number of amides is 6. The fourth-order valence-corrected chi connectivity index (χ4v) is 5.44. The monoisotopic (exact) mass is 791 g/mol. The van der Waals surface area contributed by atoms with Gasteiger partial charge < -0.3 is 31.2 Å². The average Bonchev–Trinajstić information content (AvgIpc) is 3.45. The van der Waals surface area contributed by atoms with Crippen molar-refractivity contribution in [1.29, 1.82) is 0 Å². The molecule has 6 N–H and O–H groups in total. The second-order valence-electron chi connectivity index (χ2n) is 13.1. The van der Waals surface area contributed by atoms with Crippen LogP contribution in [-0.2, 0) is 30.5 Å². The first kappa shape index (κ1) is 44.3. The van der Waals surface area contributed by atoms with Gasteiger partial charge >= 0.3 is 18.4 Å². The maximum absolute atomic E-state index is 14.1. The van der Waals surface area contributed by atoms with Crippen LogP contribution in [0, 0.1) is 16.0 Å². The lowest BCUT2D eigenvalue weighted by Crippen LogP contribution is -2.58. The van der Waals surface area contributed by atoms with Crippen molar-refractivity contribution in [2.45, 2.75) is 83.3 Å². The molecule has 0 aromatic heterocycles. The van der Waals surface area contributed by atoms with E-state index in [2.05, 4.69) is 21.3 Å². The van der Waals surface area contributed by atoms with Gasteiger partial charge in [-0.25, -0.2) is 9.59 Å². The molecular formula is C36H44F3N7O10. The smallest absolute Gasteiger partial charge is 0.429 e. The van der Waals surface area contributed by atoms with E-state index in [1.807, 2.05) is 0 Å². The van der Waals surface area contributed by atoms with Gasteiger partial charge in [0.25, 0.3) is 17.5 Å². The number of alkyl halides is 3. The van der Waals surface area contributed by atoms with Crippen LogP contribution in [-0.4, -0.2) is 83.0 Å². The lowest BCUT2D eigenvalue weighted by atomic mass is 9.99. The maximum atomic E-state index is 14.1. The van der Waals surface area contributed by atoms with Crippen molar-refractivity contribution in [2.24, 2.45) is 11.7 Å². The van der Waals surface area contributed by atoms with Crippen molar-refractivity contribution < 1.29 is 56.3 Å². The summed E-state index contributed by atoms with van der Waals surface area (Å²) in [5.41, 5.74) is 5.68. The second kappa shape index (κ2) is 21.1. The summed E-state index contributed by atoms with van der Waals surface area (Å²) in [6, 6.07) is 5.30. The number of carbonyl (C=O) groups is 6. The highest BCUT2D eigenvalue weighted by atomic mass is 19.4. The molecule has 0 radical (unpaired) electrons. The number of nitrogens with two attached hydrogens (primary N) is 1. The molecule has 3 atom stereocenters. The second-order valence-corrected chi connectivity index (χ2v) is 13.1. The molecule has 3 rings (SSSR count). The van der Waals surface area contributed by atoms with Crippen LogP contribution in [0.4, 0.5) is 34.1 Å². The minimum Gasteiger partial charge on any atom is -0.429 e. The summed E-state index contributed by atoms with van der Waals surface area (Å²) < 4.78 is 52.5. The van der Waals surface area contributed by atoms with E-state index in [0.717, 1.165) is 29.2 Å². The van der Waals surface area contributed by atoms with Crippen LogP contribution >= 0.6 is 0 Å². The Morgan fingerprint density at radius 2 is 1.54 bits per heavy atom. The quantitative estimate of drug-likeness (QED) is 0.0300. The van der Waals surface area contributed by atoms with Crippen LogP contribution in [0.5, 0.6) is 5.75 Å². The number of halogens is 3. The topological polar surface area (TPSA) is 241 Å². The number of ether oxygens (including phenoxy) is 2. The van der Waals surface area contributed by atoms with Gasteiger partial charge in [0.15, 0.2) is 0 Å². The van der Waals surface area contributed by atoms with E-state index >= 15 is 0 Å². The van der Waals surface area contributed by atoms with E-state index in [1.165, 1.54) is 36.4 Å². The van der Waals surface area contributed by atoms with Gasteiger partial charge in [0.2, 0.25) is 11.8 Å². The molecular weight excluding hydrogens is 747 g/mol. The molecule has 1 heterocycles. The highest BCUT2D eigenvalue weighted by molar-refractivity contribution is 6.12. The van der Waals surface area contributed by atoms with Crippen molar-refractivity contribution >= 4 is 47.2 Å². The predicted octanol–water partition coefficient (Wildman–Crippen LogP) is 4.21. The number of nitro groups is 1. The highest BCUT2D eigenvalue weighted by Gasteiger charge is 2.42. The Morgan fingerprint density at radius 1 is 0.893 bits per heavy atom. The number of hydrogen-bond acceptors (Lipinski definition) is 11. The van der Waals surface area contributed by atoms with Crippen LogP contribution in [0.25, 0.3) is 0 Å². The van der Waals surface area contributed by atoms with Crippen LogP contribution in [0.15, 0.2) is 60.7 Å². The van der Waals surface area contributed by atoms with Gasteiger partial charge in [0.1, 0.15) is 24.4 Å². The van der Waals surface area contributed by atoms with Gasteiger partial charge in [-0.05, 0) is 61.4 Å². The van der Waals surface area contributed by atoms with Crippen molar-refractivity contribution in [2.75, 3.05) is 18.4 Å². The van der Waals surface area contributed by atoms with Crippen LogP contribution < -0.4 is 31.7 Å². The molecule has 304 valence electrons. The Bertz CT molecular complexity index is 1720. The van der Waals surface area contributed by atoms with Gasteiger partial charge in [0, 0.05) is 43.1 Å². The summed E-state index contributed by atoms with van der Waals surface area (Å²) in [4.78, 5) is 84.7. The first-order valence-corrected chi connectivity index (χ1v) is 17.6. The third-order valence-electron chi connectivity index (χ3n) is 8.43. The van der Waals surface area contributed by atoms with Gasteiger partial charge in [-0.3, -0.25) is 39.5 Å². The number of nitro benzene ring substituents is 1. The third kappa shape index (κ3) is 14.6. The first-order chi connectivity index (χ1) is 26.4. The minimum absolute atomic E-state index is 0.0221. The zero-order chi connectivity index (χ0) is 41.4. The summed E-state index contributed by atoms with van der Waals surface area (Å²) in [7, 11) is 0. The number of unbranched alkanes of at least 4 members (excludes halogenated alkanes) is 2. The third-order valence-corrected chi connectivity index (χ3v) is 8.43. The standard InChI is InChI=1S/C36H44F3N7O10/c1-22(2)31(44-28(36(37,38)39)8-4-3-5-20-45-29(47)17-18-30(45)48)33(50)43-27(7-6-19-41-34(40)51)32(49)42-24-11-9-23(10-12-24)21-55-35(52)56-26-15-13-25(14-16-26)46(53)54/h9-18,22,27-28,31,44H,3-8,19-21H2,1-2H3,(H,42,49)(H,43,50)(H3,40,41,51)/t27-,28?,31-/m0/s1. The molecule has 0 aliphatic carbocycles. The fourth-order valence-electron chi connectivity index (χ4n) is 5.44. The molecule has 0 saturated heterocycles. The van der Waals surface area contributed by atoms with Gasteiger partial charge in [-0.1, -0.05) is 38.8 Å². The zero-order valence-electron chi connectivity index (χ0n) is 30.6. The molecule has 2 aromatic rings. The molecule has 2 aromatic carbocycles. The van der Waals surface area contributed by atoms with E-state index in [-0.39, 0.29) is 68.9 Å². The Labute approximate surface area is 319 Å². The average molecular weight is 792 g/mol.